The van der Waals surface area contributed by atoms with Gasteiger partial charge in [0.25, 0.3) is 0 Å². The molecule has 1 saturated carbocycles. The highest BCUT2D eigenvalue weighted by molar-refractivity contribution is 5.92. The summed E-state index contributed by atoms with van der Waals surface area (Å²) in [6.07, 6.45) is 4.85. The van der Waals surface area contributed by atoms with Gasteiger partial charge < -0.3 is 19.8 Å². The third-order valence-corrected chi connectivity index (χ3v) is 9.26. The van der Waals surface area contributed by atoms with E-state index < -0.39 is 23.2 Å². The second kappa shape index (κ2) is 7.83. The van der Waals surface area contributed by atoms with Crippen LogP contribution in [-0.2, 0) is 16.6 Å². The molecule has 2 aliphatic heterocycles. The first-order chi connectivity index (χ1) is 17.2. The monoisotopic (exact) mass is 485 g/mol. The lowest BCUT2D eigenvalue weighted by molar-refractivity contribution is -0.202. The molecular formula is C29H31N3O4. The van der Waals surface area contributed by atoms with E-state index in [9.17, 15) is 20.3 Å². The summed E-state index contributed by atoms with van der Waals surface area (Å²) in [6.45, 7) is 2.01. The van der Waals surface area contributed by atoms with Gasteiger partial charge >= 0.3 is 0 Å². The Morgan fingerprint density at radius 3 is 2.89 bits per heavy atom. The number of nitrogens with zero attached hydrogens (tertiary/aromatic N) is 3. The molecule has 2 N–H and O–H groups in total. The fourth-order valence-corrected chi connectivity index (χ4v) is 7.51. The van der Waals surface area contributed by atoms with Crippen LogP contribution in [0.2, 0.25) is 0 Å². The highest BCUT2D eigenvalue weighted by Gasteiger charge is 2.74. The number of aryl methyl sites for hydroxylation is 1. The Labute approximate surface area is 211 Å². The van der Waals surface area contributed by atoms with E-state index in [1.807, 2.05) is 55.3 Å². The van der Waals surface area contributed by atoms with Crippen LogP contribution in [0.15, 0.2) is 42.5 Å². The lowest BCUT2D eigenvalue weighted by Gasteiger charge is -2.65. The van der Waals surface area contributed by atoms with E-state index in [-0.39, 0.29) is 23.7 Å². The van der Waals surface area contributed by atoms with Gasteiger partial charge in [0.2, 0.25) is 5.91 Å². The zero-order valence-corrected chi connectivity index (χ0v) is 20.8. The number of hydrogen-bond acceptors (Lipinski definition) is 6. The zero-order chi connectivity index (χ0) is 25.4. The number of likely N-dealkylation sites (N-methyl/N-ethyl adjacent to an activating group) is 2. The van der Waals surface area contributed by atoms with Crippen LogP contribution >= 0.6 is 0 Å². The first kappa shape index (κ1) is 23.1. The molecule has 7 heteroatoms. The molecule has 0 aromatic heterocycles. The maximum absolute atomic E-state index is 13.3. The summed E-state index contributed by atoms with van der Waals surface area (Å²) >= 11 is 0. The fourth-order valence-electron chi connectivity index (χ4n) is 7.51. The Morgan fingerprint density at radius 1 is 1.33 bits per heavy atom. The average Bonchev–Trinajstić information content (AvgIpc) is 3.21. The number of phenols is 1. The molecule has 4 aliphatic rings. The van der Waals surface area contributed by atoms with Gasteiger partial charge in [0.15, 0.2) is 11.5 Å². The van der Waals surface area contributed by atoms with Crippen molar-refractivity contribution in [3.05, 3.63) is 64.7 Å². The van der Waals surface area contributed by atoms with Crippen LogP contribution in [0, 0.1) is 18.3 Å². The van der Waals surface area contributed by atoms with Gasteiger partial charge in [0.1, 0.15) is 6.10 Å². The van der Waals surface area contributed by atoms with Crippen molar-refractivity contribution >= 4 is 12.0 Å². The number of aromatic hydroxyl groups is 1. The number of carbonyl (C=O) groups is 1. The zero-order valence-electron chi connectivity index (χ0n) is 20.8. The summed E-state index contributed by atoms with van der Waals surface area (Å²) in [7, 11) is 3.69. The van der Waals surface area contributed by atoms with E-state index in [0.29, 0.717) is 31.4 Å². The third-order valence-electron chi connectivity index (χ3n) is 9.26. The molecule has 186 valence electrons. The normalized spacial score (nSPS) is 34.1. The number of rotatable bonds is 3. The van der Waals surface area contributed by atoms with Crippen LogP contribution in [-0.4, -0.2) is 69.8 Å². The van der Waals surface area contributed by atoms with E-state index in [2.05, 4.69) is 6.07 Å². The van der Waals surface area contributed by atoms with E-state index in [1.54, 1.807) is 24.1 Å². The smallest absolute Gasteiger partial charge is 0.246 e. The number of likely N-dealkylation sites (tertiary alicyclic amines) is 1. The van der Waals surface area contributed by atoms with Crippen molar-refractivity contribution < 1.29 is 19.7 Å². The second-order valence-corrected chi connectivity index (χ2v) is 10.9. The van der Waals surface area contributed by atoms with Crippen LogP contribution in [0.25, 0.3) is 6.08 Å². The summed E-state index contributed by atoms with van der Waals surface area (Å²) in [6, 6.07) is 13.0. The van der Waals surface area contributed by atoms with Crippen molar-refractivity contribution in [2.24, 2.45) is 0 Å². The lowest BCUT2D eigenvalue weighted by Crippen LogP contribution is -2.79. The number of hydrogen-bond donors (Lipinski definition) is 2. The quantitative estimate of drug-likeness (QED) is 0.649. The topological polar surface area (TPSA) is 97.0 Å². The molecule has 2 bridgehead atoms. The lowest BCUT2D eigenvalue weighted by atomic mass is 9.47. The van der Waals surface area contributed by atoms with Gasteiger partial charge in [0.05, 0.1) is 29.2 Å². The molecule has 36 heavy (non-hydrogen) atoms. The average molecular weight is 486 g/mol. The first-order valence-electron chi connectivity index (χ1n) is 12.6. The standard InChI is InChI=1S/C29H31N3O4/c1-17-5-4-6-18(13-17)7-10-24(34)32(3)21-11-12-29(35)23-14-19-8-9-22(33)26-25(19)28(29,27(21)36-26)15-20(16-30)31(23)2/h4-10,13,20-21,23,27,33,35H,11-12,14-15H2,1-3H3/b10-7+/t20?,21?,23-,27?,28+,29-/m1/s1. The summed E-state index contributed by atoms with van der Waals surface area (Å²) in [5.74, 6) is 0.293. The van der Waals surface area contributed by atoms with Gasteiger partial charge in [-0.25, -0.2) is 0 Å². The van der Waals surface area contributed by atoms with Crippen molar-refractivity contribution in [1.29, 1.82) is 5.26 Å². The molecule has 1 spiro atoms. The molecule has 6 rings (SSSR count). The maximum atomic E-state index is 13.3. The van der Waals surface area contributed by atoms with Gasteiger partial charge in [0, 0.05) is 24.7 Å². The molecule has 2 aromatic rings. The van der Waals surface area contributed by atoms with Crippen LogP contribution in [0.5, 0.6) is 11.5 Å². The molecule has 0 radical (unpaired) electrons. The Balaban J connectivity index is 1.41. The van der Waals surface area contributed by atoms with Gasteiger partial charge in [-0.3, -0.25) is 9.69 Å². The summed E-state index contributed by atoms with van der Waals surface area (Å²) < 4.78 is 6.51. The minimum atomic E-state index is -1.12. The predicted molar refractivity (Wildman–Crippen MR) is 134 cm³/mol. The Hall–Kier alpha value is -3.34. The third kappa shape index (κ3) is 2.89. The predicted octanol–water partition coefficient (Wildman–Crippen LogP) is 2.92. The summed E-state index contributed by atoms with van der Waals surface area (Å²) in [4.78, 5) is 17.0. The molecule has 7 nitrogen and oxygen atoms in total. The number of ether oxygens (including phenoxy) is 1. The molecule has 2 aliphatic carbocycles. The molecule has 2 heterocycles. The highest BCUT2D eigenvalue weighted by atomic mass is 16.5. The minimum absolute atomic E-state index is 0.0397. The number of nitriles is 1. The first-order valence-corrected chi connectivity index (χ1v) is 12.6. The number of carbonyl (C=O) groups excluding carboxylic acids is 1. The Kier molecular flexibility index (Phi) is 5.02. The molecule has 1 amide bonds. The summed E-state index contributed by atoms with van der Waals surface area (Å²) in [5.41, 5.74) is 1.96. The van der Waals surface area contributed by atoms with E-state index in [4.69, 9.17) is 4.74 Å². The molecule has 2 aromatic carbocycles. The van der Waals surface area contributed by atoms with E-state index >= 15 is 0 Å². The molecule has 3 unspecified atom stereocenters. The second-order valence-electron chi connectivity index (χ2n) is 10.9. The number of benzene rings is 2. The SMILES string of the molecule is Cc1cccc(/C=C/C(=O)N(C)C2CC[C@@]3(O)[C@H]4Cc5ccc(O)c6c5[C@@]3(CC(C#N)N4C)C2O6)c1. The van der Waals surface area contributed by atoms with Crippen LogP contribution in [0.3, 0.4) is 0 Å². The van der Waals surface area contributed by atoms with Crippen molar-refractivity contribution in [3.63, 3.8) is 0 Å². The summed E-state index contributed by atoms with van der Waals surface area (Å²) in [5, 5.41) is 33.1. The van der Waals surface area contributed by atoms with Crippen molar-refractivity contribution in [2.75, 3.05) is 14.1 Å². The minimum Gasteiger partial charge on any atom is -0.504 e. The van der Waals surface area contributed by atoms with Gasteiger partial charge in [-0.2, -0.15) is 5.26 Å². The van der Waals surface area contributed by atoms with Crippen LogP contribution in [0.1, 0.15) is 41.5 Å². The van der Waals surface area contributed by atoms with Crippen LogP contribution < -0.4 is 4.74 Å². The van der Waals surface area contributed by atoms with Crippen LogP contribution in [0.4, 0.5) is 0 Å². The number of aliphatic hydroxyl groups is 1. The van der Waals surface area contributed by atoms with Gasteiger partial charge in [-0.05, 0) is 62.9 Å². The highest BCUT2D eigenvalue weighted by Crippen LogP contribution is 2.66. The fraction of sp³-hybridized carbons (Fsp3) is 0.448. The van der Waals surface area contributed by atoms with E-state index in [0.717, 1.165) is 22.3 Å². The van der Waals surface area contributed by atoms with Crippen molar-refractivity contribution in [1.82, 2.24) is 9.80 Å². The number of amides is 1. The molecule has 2 fully saturated rings. The molecule has 1 saturated heterocycles. The maximum Gasteiger partial charge on any atom is 0.246 e. The molecule has 6 atom stereocenters. The van der Waals surface area contributed by atoms with E-state index in [1.165, 1.54) is 0 Å². The Bertz CT molecular complexity index is 1330. The Morgan fingerprint density at radius 2 is 2.14 bits per heavy atom. The van der Waals surface area contributed by atoms with Gasteiger partial charge in [-0.15, -0.1) is 0 Å². The largest absolute Gasteiger partial charge is 0.504 e. The van der Waals surface area contributed by atoms with Crippen molar-refractivity contribution in [3.8, 4) is 17.6 Å². The van der Waals surface area contributed by atoms with Crippen molar-refractivity contribution in [2.45, 2.75) is 67.9 Å². The number of phenolic OH excluding ortho intramolecular Hbond substituents is 1. The number of piperidine rings is 1. The molecular weight excluding hydrogens is 454 g/mol. The van der Waals surface area contributed by atoms with Gasteiger partial charge in [-0.1, -0.05) is 35.9 Å².